The van der Waals surface area contributed by atoms with Gasteiger partial charge in [0.2, 0.25) is 0 Å². The Balaban J connectivity index is 2.28. The molecule has 0 amide bonds. The summed E-state index contributed by atoms with van der Waals surface area (Å²) in [5.41, 5.74) is 0.849. The fourth-order valence-corrected chi connectivity index (χ4v) is 2.68. The van der Waals surface area contributed by atoms with Gasteiger partial charge in [0.15, 0.2) is 5.43 Å². The van der Waals surface area contributed by atoms with E-state index in [1.54, 1.807) is 13.0 Å². The molecule has 0 aliphatic heterocycles. The highest BCUT2D eigenvalue weighted by molar-refractivity contribution is 5.94. The molecule has 3 aromatic rings. The van der Waals surface area contributed by atoms with Crippen LogP contribution in [0.2, 0.25) is 0 Å². The van der Waals surface area contributed by atoms with Crippen molar-refractivity contribution in [2.75, 3.05) is 7.11 Å². The van der Waals surface area contributed by atoms with Gasteiger partial charge in [-0.3, -0.25) is 9.59 Å². The van der Waals surface area contributed by atoms with Gasteiger partial charge in [0.1, 0.15) is 0 Å². The van der Waals surface area contributed by atoms with Crippen molar-refractivity contribution in [3.8, 4) is 0 Å². The van der Waals surface area contributed by atoms with Gasteiger partial charge in [-0.05, 0) is 23.3 Å². The zero-order valence-electron chi connectivity index (χ0n) is 12.5. The molecule has 3 rings (SSSR count). The Bertz CT molecular complexity index is 928. The molecule has 0 aromatic heterocycles. The number of rotatable bonds is 2. The molecule has 0 saturated heterocycles. The summed E-state index contributed by atoms with van der Waals surface area (Å²) in [5.74, 6) is -0.642. The van der Waals surface area contributed by atoms with E-state index in [2.05, 4.69) is 0 Å². The number of methoxy groups -OCH3 is 1. The smallest absolute Gasteiger partial charge is 0.312 e. The van der Waals surface area contributed by atoms with Crippen molar-refractivity contribution in [3.63, 3.8) is 0 Å². The summed E-state index contributed by atoms with van der Waals surface area (Å²) in [4.78, 5) is 24.4. The van der Waals surface area contributed by atoms with Crippen molar-refractivity contribution < 1.29 is 9.53 Å². The summed E-state index contributed by atoms with van der Waals surface area (Å²) in [5, 5.41) is 3.09. The first-order chi connectivity index (χ1) is 10.6. The maximum absolute atomic E-state index is 12.7. The topological polar surface area (TPSA) is 43.4 Å². The summed E-state index contributed by atoms with van der Waals surface area (Å²) < 4.78 is 4.78. The summed E-state index contributed by atoms with van der Waals surface area (Å²) in [6, 6.07) is 16.9. The van der Waals surface area contributed by atoms with Crippen molar-refractivity contribution in [1.29, 1.82) is 0 Å². The van der Waals surface area contributed by atoms with E-state index in [0.717, 1.165) is 16.3 Å². The Morgan fingerprint density at radius 1 is 0.955 bits per heavy atom. The molecule has 3 heteroatoms. The Labute approximate surface area is 128 Å². The Morgan fingerprint density at radius 3 is 2.41 bits per heavy atom. The number of carbonyl (C=O) groups is 1. The number of carbonyl (C=O) groups excluding carboxylic acids is 1. The maximum Gasteiger partial charge on any atom is 0.312 e. The fraction of sp³-hybridized carbons (Fsp3) is 0.158. The van der Waals surface area contributed by atoms with Crippen molar-refractivity contribution in [3.05, 3.63) is 70.4 Å². The number of hydrogen-bond donors (Lipinski definition) is 0. The van der Waals surface area contributed by atoms with Crippen LogP contribution in [0.3, 0.4) is 0 Å². The average molecular weight is 292 g/mol. The first-order valence-electron chi connectivity index (χ1n) is 7.15. The second-order valence-corrected chi connectivity index (χ2v) is 5.34. The van der Waals surface area contributed by atoms with Crippen LogP contribution in [0.4, 0.5) is 0 Å². The highest BCUT2D eigenvalue weighted by Crippen LogP contribution is 2.22. The molecule has 0 radical (unpaired) electrons. The SMILES string of the molecule is COC(=O)[C@@H](C)c1ccc2c(=O)c3ccccc3ccc2c1. The summed E-state index contributed by atoms with van der Waals surface area (Å²) in [6.45, 7) is 1.80. The number of esters is 1. The molecule has 0 aliphatic carbocycles. The molecule has 0 unspecified atom stereocenters. The zero-order valence-corrected chi connectivity index (χ0v) is 12.5. The lowest BCUT2D eigenvalue weighted by Crippen LogP contribution is -2.10. The molecule has 0 spiro atoms. The Kier molecular flexibility index (Phi) is 3.63. The van der Waals surface area contributed by atoms with Gasteiger partial charge in [-0.1, -0.05) is 54.6 Å². The molecule has 0 heterocycles. The van der Waals surface area contributed by atoms with E-state index >= 15 is 0 Å². The number of ether oxygens (including phenoxy) is 1. The van der Waals surface area contributed by atoms with Crippen LogP contribution in [0.1, 0.15) is 18.4 Å². The summed E-state index contributed by atoms with van der Waals surface area (Å²) in [7, 11) is 1.38. The van der Waals surface area contributed by atoms with Crippen molar-refractivity contribution in [2.45, 2.75) is 12.8 Å². The molecule has 3 aromatic carbocycles. The van der Waals surface area contributed by atoms with Crippen molar-refractivity contribution >= 4 is 27.5 Å². The Morgan fingerprint density at radius 2 is 1.64 bits per heavy atom. The fourth-order valence-electron chi connectivity index (χ4n) is 2.68. The van der Waals surface area contributed by atoms with Gasteiger partial charge < -0.3 is 4.74 Å². The third kappa shape index (κ3) is 2.35. The normalized spacial score (nSPS) is 12.3. The van der Waals surface area contributed by atoms with E-state index in [1.807, 2.05) is 48.5 Å². The van der Waals surface area contributed by atoms with Crippen LogP contribution in [-0.4, -0.2) is 13.1 Å². The van der Waals surface area contributed by atoms with Gasteiger partial charge in [0, 0.05) is 10.8 Å². The van der Waals surface area contributed by atoms with Crippen LogP contribution < -0.4 is 5.43 Å². The molecule has 0 aliphatic rings. The second-order valence-electron chi connectivity index (χ2n) is 5.34. The molecule has 1 atom stereocenters. The number of fused-ring (bicyclic) bond motifs is 2. The van der Waals surface area contributed by atoms with E-state index in [0.29, 0.717) is 10.8 Å². The molecule has 110 valence electrons. The lowest BCUT2D eigenvalue weighted by molar-refractivity contribution is -0.141. The quantitative estimate of drug-likeness (QED) is 0.677. The summed E-state index contributed by atoms with van der Waals surface area (Å²) in [6.07, 6.45) is 0. The average Bonchev–Trinajstić information content (AvgIpc) is 2.71. The van der Waals surface area contributed by atoms with Crippen LogP contribution in [0, 0.1) is 0 Å². The largest absolute Gasteiger partial charge is 0.469 e. The maximum atomic E-state index is 12.7. The molecular weight excluding hydrogens is 276 g/mol. The van der Waals surface area contributed by atoms with E-state index in [9.17, 15) is 9.59 Å². The van der Waals surface area contributed by atoms with Crippen LogP contribution in [0.5, 0.6) is 0 Å². The molecule has 0 N–H and O–H groups in total. The van der Waals surface area contributed by atoms with Crippen LogP contribution in [0.15, 0.2) is 59.4 Å². The van der Waals surface area contributed by atoms with Gasteiger partial charge in [0.25, 0.3) is 0 Å². The first kappa shape index (κ1) is 14.3. The third-order valence-electron chi connectivity index (χ3n) is 4.02. The van der Waals surface area contributed by atoms with Crippen LogP contribution >= 0.6 is 0 Å². The predicted molar refractivity (Wildman–Crippen MR) is 88.2 cm³/mol. The molecule has 0 fully saturated rings. The molecule has 22 heavy (non-hydrogen) atoms. The van der Waals surface area contributed by atoms with Gasteiger partial charge in [0.05, 0.1) is 13.0 Å². The minimum Gasteiger partial charge on any atom is -0.469 e. The predicted octanol–water partition coefficient (Wildman–Crippen LogP) is 3.63. The standard InChI is InChI=1S/C19H16O3/c1-12(19(21)22-2)14-9-10-17-15(11-14)8-7-13-5-3-4-6-16(13)18(17)20/h3-12H,1-2H3/t12-/m0/s1. The molecular formula is C19H16O3. The molecule has 0 saturated carbocycles. The minimum atomic E-state index is -0.357. The highest BCUT2D eigenvalue weighted by Gasteiger charge is 2.16. The Hall–Kier alpha value is -2.68. The van der Waals surface area contributed by atoms with E-state index < -0.39 is 0 Å². The van der Waals surface area contributed by atoms with Crippen LogP contribution in [-0.2, 0) is 9.53 Å². The number of benzene rings is 2. The van der Waals surface area contributed by atoms with Gasteiger partial charge in [-0.2, -0.15) is 0 Å². The zero-order chi connectivity index (χ0) is 15.7. The van der Waals surface area contributed by atoms with Crippen molar-refractivity contribution in [1.82, 2.24) is 0 Å². The van der Waals surface area contributed by atoms with E-state index in [1.165, 1.54) is 7.11 Å². The minimum absolute atomic E-state index is 0.00729. The third-order valence-corrected chi connectivity index (χ3v) is 4.02. The van der Waals surface area contributed by atoms with E-state index in [-0.39, 0.29) is 17.3 Å². The lowest BCUT2D eigenvalue weighted by atomic mass is 9.98. The molecule has 3 nitrogen and oxygen atoms in total. The number of hydrogen-bond acceptors (Lipinski definition) is 3. The first-order valence-corrected chi connectivity index (χ1v) is 7.15. The summed E-state index contributed by atoms with van der Waals surface area (Å²) >= 11 is 0. The van der Waals surface area contributed by atoms with E-state index in [4.69, 9.17) is 4.74 Å². The molecule has 0 bridgehead atoms. The second kappa shape index (κ2) is 5.60. The van der Waals surface area contributed by atoms with Crippen LogP contribution in [0.25, 0.3) is 21.5 Å². The monoisotopic (exact) mass is 292 g/mol. The van der Waals surface area contributed by atoms with Gasteiger partial charge in [-0.15, -0.1) is 0 Å². The lowest BCUT2D eigenvalue weighted by Gasteiger charge is -2.09. The van der Waals surface area contributed by atoms with Gasteiger partial charge in [-0.25, -0.2) is 0 Å². The van der Waals surface area contributed by atoms with Gasteiger partial charge >= 0.3 is 5.97 Å². The van der Waals surface area contributed by atoms with Crippen molar-refractivity contribution in [2.24, 2.45) is 0 Å². The highest BCUT2D eigenvalue weighted by atomic mass is 16.5.